The Balaban J connectivity index is 1.21. The van der Waals surface area contributed by atoms with E-state index < -0.39 is 0 Å². The van der Waals surface area contributed by atoms with Crippen LogP contribution in [-0.2, 0) is 0 Å². The van der Waals surface area contributed by atoms with Gasteiger partial charge in [0.15, 0.2) is 0 Å². The summed E-state index contributed by atoms with van der Waals surface area (Å²) in [5.74, 6) is 1.97. The molecule has 0 unspecified atom stereocenters. The number of carbonyl (C=O) groups is 1. The van der Waals surface area contributed by atoms with Crippen molar-refractivity contribution < 1.29 is 13.9 Å². The van der Waals surface area contributed by atoms with Crippen LogP contribution in [-0.4, -0.2) is 23.0 Å². The minimum atomic E-state index is -0.290. The Kier molecular flexibility index (Phi) is 5.30. The maximum absolute atomic E-state index is 13.7. The van der Waals surface area contributed by atoms with E-state index >= 15 is 0 Å². The number of hydrogen-bond donors (Lipinski definition) is 1. The molecule has 1 amide bonds. The normalized spacial score (nSPS) is 23.4. The fraction of sp³-hybridized carbons (Fsp3) is 0.360. The van der Waals surface area contributed by atoms with Gasteiger partial charge in [-0.2, -0.15) is 0 Å². The molecule has 2 saturated carbocycles. The number of nitrogens with zero attached hydrogens (tertiary/aromatic N) is 1. The summed E-state index contributed by atoms with van der Waals surface area (Å²) in [5, 5.41) is 4.55. The zero-order valence-corrected chi connectivity index (χ0v) is 18.0. The van der Waals surface area contributed by atoms with Crippen LogP contribution in [0.4, 0.5) is 4.39 Å². The van der Waals surface area contributed by atoms with Crippen molar-refractivity contribution in [3.05, 3.63) is 71.1 Å². The third-order valence-corrected chi connectivity index (χ3v) is 7.00. The van der Waals surface area contributed by atoms with Gasteiger partial charge in [-0.15, -0.1) is 0 Å². The molecule has 1 aromatic heterocycles. The SMILES string of the molecule is CC[C@H](NC(=O)c1ccc(Cl)cc1)C1[C@H]2CC(Oc3ccnc4ccc(F)cc34)C[C@H]12. The van der Waals surface area contributed by atoms with Gasteiger partial charge in [-0.3, -0.25) is 9.78 Å². The summed E-state index contributed by atoms with van der Waals surface area (Å²) >= 11 is 5.92. The van der Waals surface area contributed by atoms with Crippen molar-refractivity contribution in [1.82, 2.24) is 10.3 Å². The summed E-state index contributed by atoms with van der Waals surface area (Å²) in [4.78, 5) is 16.9. The first-order valence-corrected chi connectivity index (χ1v) is 11.2. The highest BCUT2D eigenvalue weighted by Crippen LogP contribution is 2.60. The lowest BCUT2D eigenvalue weighted by Crippen LogP contribution is -2.37. The van der Waals surface area contributed by atoms with E-state index in [9.17, 15) is 9.18 Å². The second-order valence-electron chi connectivity index (χ2n) is 8.58. The van der Waals surface area contributed by atoms with Crippen LogP contribution in [0.15, 0.2) is 54.7 Å². The van der Waals surface area contributed by atoms with E-state index in [-0.39, 0.29) is 23.9 Å². The van der Waals surface area contributed by atoms with E-state index in [1.165, 1.54) is 12.1 Å². The second kappa shape index (κ2) is 8.12. The van der Waals surface area contributed by atoms with Gasteiger partial charge >= 0.3 is 0 Å². The molecule has 160 valence electrons. The number of benzene rings is 2. The van der Waals surface area contributed by atoms with E-state index in [0.29, 0.717) is 39.5 Å². The third-order valence-electron chi connectivity index (χ3n) is 6.75. The first-order valence-electron chi connectivity index (χ1n) is 10.8. The van der Waals surface area contributed by atoms with Crippen LogP contribution < -0.4 is 10.1 Å². The molecule has 2 fully saturated rings. The lowest BCUT2D eigenvalue weighted by atomic mass is 10.00. The smallest absolute Gasteiger partial charge is 0.251 e. The van der Waals surface area contributed by atoms with Gasteiger partial charge in [0.1, 0.15) is 11.6 Å². The minimum Gasteiger partial charge on any atom is -0.490 e. The molecule has 2 aliphatic carbocycles. The zero-order valence-electron chi connectivity index (χ0n) is 17.2. The molecule has 2 aromatic carbocycles. The van der Waals surface area contributed by atoms with Crippen molar-refractivity contribution >= 4 is 28.4 Å². The average molecular weight is 439 g/mol. The summed E-state index contributed by atoms with van der Waals surface area (Å²) in [6.45, 7) is 2.12. The Morgan fingerprint density at radius 1 is 1.19 bits per heavy atom. The first kappa shape index (κ1) is 20.3. The Morgan fingerprint density at radius 3 is 2.65 bits per heavy atom. The van der Waals surface area contributed by atoms with E-state index in [1.54, 1.807) is 36.5 Å². The molecule has 2 aliphatic rings. The molecule has 1 N–H and O–H groups in total. The summed E-state index contributed by atoms with van der Waals surface area (Å²) < 4.78 is 20.0. The quantitative estimate of drug-likeness (QED) is 0.541. The highest BCUT2D eigenvalue weighted by atomic mass is 35.5. The molecule has 0 saturated heterocycles. The Labute approximate surface area is 185 Å². The standard InChI is InChI=1S/C25H24ClFN2O2/c1-2-21(29-25(30)14-3-5-15(26)6-4-14)24-18-12-17(13-19(18)24)31-23-9-10-28-22-8-7-16(27)11-20(22)23/h3-11,17-19,21,24H,2,12-13H2,1H3,(H,29,30)/t17?,18-,19-,21-,24?/m0/s1. The van der Waals surface area contributed by atoms with E-state index in [0.717, 1.165) is 24.8 Å². The molecule has 4 nitrogen and oxygen atoms in total. The molecule has 31 heavy (non-hydrogen) atoms. The van der Waals surface area contributed by atoms with Gasteiger partial charge in [-0.25, -0.2) is 4.39 Å². The Hall–Kier alpha value is -2.66. The maximum atomic E-state index is 13.7. The first-order chi connectivity index (χ1) is 15.0. The number of hydrogen-bond acceptors (Lipinski definition) is 3. The van der Waals surface area contributed by atoms with Crippen molar-refractivity contribution in [3.63, 3.8) is 0 Å². The van der Waals surface area contributed by atoms with Gasteiger partial charge in [0.25, 0.3) is 5.91 Å². The van der Waals surface area contributed by atoms with Gasteiger partial charge in [-0.1, -0.05) is 18.5 Å². The van der Waals surface area contributed by atoms with Crippen LogP contribution in [0.3, 0.4) is 0 Å². The monoisotopic (exact) mass is 438 g/mol. The van der Waals surface area contributed by atoms with E-state index in [1.807, 2.05) is 6.07 Å². The molecule has 6 heteroatoms. The molecule has 1 heterocycles. The summed E-state index contributed by atoms with van der Waals surface area (Å²) in [5.41, 5.74) is 1.36. The molecule has 3 aromatic rings. The average Bonchev–Trinajstić information content (AvgIpc) is 3.26. The molecule has 0 radical (unpaired) electrons. The summed E-state index contributed by atoms with van der Waals surface area (Å²) in [7, 11) is 0. The van der Waals surface area contributed by atoms with Crippen LogP contribution in [0.25, 0.3) is 10.9 Å². The van der Waals surface area contributed by atoms with Crippen molar-refractivity contribution in [2.75, 3.05) is 0 Å². The van der Waals surface area contributed by atoms with Gasteiger partial charge in [0.05, 0.1) is 11.6 Å². The number of ether oxygens (including phenoxy) is 1. The van der Waals surface area contributed by atoms with Crippen molar-refractivity contribution in [1.29, 1.82) is 0 Å². The number of nitrogens with one attached hydrogen (secondary N) is 1. The van der Waals surface area contributed by atoms with Crippen LogP contribution >= 0.6 is 11.6 Å². The molecule has 0 bridgehead atoms. The second-order valence-corrected chi connectivity index (χ2v) is 9.02. The lowest BCUT2D eigenvalue weighted by molar-refractivity contribution is 0.0924. The van der Waals surface area contributed by atoms with Crippen LogP contribution in [0.5, 0.6) is 5.75 Å². The largest absolute Gasteiger partial charge is 0.490 e. The van der Waals surface area contributed by atoms with Crippen LogP contribution in [0, 0.1) is 23.6 Å². The predicted octanol–water partition coefficient (Wildman–Crippen LogP) is 5.64. The molecule has 0 spiro atoms. The molecule has 0 aliphatic heterocycles. The van der Waals surface area contributed by atoms with Gasteiger partial charge in [0, 0.05) is 28.2 Å². The summed E-state index contributed by atoms with van der Waals surface area (Å²) in [6.07, 6.45) is 4.64. The van der Waals surface area contributed by atoms with Crippen LogP contribution in [0.1, 0.15) is 36.5 Å². The molecular formula is C25H24ClFN2O2. The lowest BCUT2D eigenvalue weighted by Gasteiger charge is -2.22. The number of amides is 1. The maximum Gasteiger partial charge on any atom is 0.251 e. The number of carbonyl (C=O) groups excluding carboxylic acids is 1. The Morgan fingerprint density at radius 2 is 1.94 bits per heavy atom. The topological polar surface area (TPSA) is 51.2 Å². The van der Waals surface area contributed by atoms with Gasteiger partial charge < -0.3 is 10.1 Å². The number of aromatic nitrogens is 1. The fourth-order valence-electron chi connectivity index (χ4n) is 5.23. The number of pyridine rings is 1. The van der Waals surface area contributed by atoms with E-state index in [4.69, 9.17) is 16.3 Å². The zero-order chi connectivity index (χ0) is 21.5. The molecule has 3 atom stereocenters. The number of rotatable bonds is 6. The highest BCUT2D eigenvalue weighted by Gasteiger charge is 2.59. The minimum absolute atomic E-state index is 0.0495. The van der Waals surface area contributed by atoms with Crippen LogP contribution in [0.2, 0.25) is 5.02 Å². The van der Waals surface area contributed by atoms with Crippen molar-refractivity contribution in [3.8, 4) is 5.75 Å². The van der Waals surface area contributed by atoms with Gasteiger partial charge in [-0.05, 0) is 85.5 Å². The number of halogens is 2. The number of fused-ring (bicyclic) bond motifs is 2. The highest BCUT2D eigenvalue weighted by molar-refractivity contribution is 6.30. The predicted molar refractivity (Wildman–Crippen MR) is 119 cm³/mol. The van der Waals surface area contributed by atoms with Crippen molar-refractivity contribution in [2.45, 2.75) is 38.3 Å². The van der Waals surface area contributed by atoms with Gasteiger partial charge in [0.2, 0.25) is 0 Å². The van der Waals surface area contributed by atoms with Crippen molar-refractivity contribution in [2.24, 2.45) is 17.8 Å². The Bertz CT molecular complexity index is 1110. The summed E-state index contributed by atoms with van der Waals surface area (Å²) in [6, 6.07) is 13.5. The molecular weight excluding hydrogens is 415 g/mol. The molecule has 5 rings (SSSR count). The fourth-order valence-corrected chi connectivity index (χ4v) is 5.36. The third kappa shape index (κ3) is 3.99. The van der Waals surface area contributed by atoms with E-state index in [2.05, 4.69) is 17.2 Å².